The number of piperidine rings is 1. The van der Waals surface area contributed by atoms with E-state index in [4.69, 9.17) is 0 Å². The summed E-state index contributed by atoms with van der Waals surface area (Å²) in [5.74, 6) is 0.329. The number of carbonyl (C=O) groups excluding carboxylic acids is 1. The molecule has 0 N–H and O–H groups in total. The SMILES string of the molecule is Cn1cc(C2CCN(c3ccc(C(=O)c4nccn4C)cc3[N+](=O)[O-])CC2)cn1. The number of nitro groups is 1. The Bertz CT molecular complexity index is 1060. The molecule has 0 bridgehead atoms. The van der Waals surface area contributed by atoms with Gasteiger partial charge in [0.15, 0.2) is 5.82 Å². The van der Waals surface area contributed by atoms with Crippen LogP contribution in [0, 0.1) is 10.1 Å². The van der Waals surface area contributed by atoms with E-state index >= 15 is 0 Å². The number of nitro benzene ring substituents is 1. The molecule has 29 heavy (non-hydrogen) atoms. The standard InChI is InChI=1S/C20H22N6O3/c1-23-10-7-21-20(23)19(27)15-3-4-17(18(11-15)26(28)29)25-8-5-14(6-9-25)16-12-22-24(2)13-16/h3-4,7,10-14H,5-6,8-9H2,1-2H3. The normalized spacial score (nSPS) is 14.9. The molecule has 0 aliphatic carbocycles. The maximum Gasteiger partial charge on any atom is 0.293 e. The molecule has 1 aromatic carbocycles. The van der Waals surface area contributed by atoms with Gasteiger partial charge in [-0.05, 0) is 36.5 Å². The Hall–Kier alpha value is -3.49. The molecule has 150 valence electrons. The highest BCUT2D eigenvalue weighted by Gasteiger charge is 2.27. The third-order valence-electron chi connectivity index (χ3n) is 5.49. The first-order chi connectivity index (χ1) is 13.9. The van der Waals surface area contributed by atoms with E-state index in [-0.39, 0.29) is 22.9 Å². The summed E-state index contributed by atoms with van der Waals surface area (Å²) < 4.78 is 3.40. The zero-order valence-corrected chi connectivity index (χ0v) is 16.4. The molecule has 0 amide bonds. The van der Waals surface area contributed by atoms with Gasteiger partial charge in [-0.15, -0.1) is 0 Å². The molecule has 3 aromatic rings. The van der Waals surface area contributed by atoms with E-state index < -0.39 is 4.92 Å². The lowest BCUT2D eigenvalue weighted by Gasteiger charge is -2.33. The van der Waals surface area contributed by atoms with Gasteiger partial charge in [-0.1, -0.05) is 0 Å². The molecular formula is C20H22N6O3. The van der Waals surface area contributed by atoms with Crippen molar-refractivity contribution >= 4 is 17.2 Å². The summed E-state index contributed by atoms with van der Waals surface area (Å²) in [5, 5.41) is 16.0. The van der Waals surface area contributed by atoms with E-state index in [0.29, 0.717) is 24.7 Å². The molecule has 4 rings (SSSR count). The van der Waals surface area contributed by atoms with Crippen LogP contribution < -0.4 is 4.90 Å². The maximum atomic E-state index is 12.7. The lowest BCUT2D eigenvalue weighted by Crippen LogP contribution is -2.33. The average molecular weight is 394 g/mol. The van der Waals surface area contributed by atoms with Gasteiger partial charge in [-0.3, -0.25) is 19.6 Å². The average Bonchev–Trinajstić information content (AvgIpc) is 3.35. The number of hydrogen-bond donors (Lipinski definition) is 0. The molecule has 1 aliphatic rings. The lowest BCUT2D eigenvalue weighted by atomic mass is 9.91. The fraction of sp³-hybridized carbons (Fsp3) is 0.350. The van der Waals surface area contributed by atoms with Crippen molar-refractivity contribution in [3.8, 4) is 0 Å². The van der Waals surface area contributed by atoms with Crippen molar-refractivity contribution in [3.63, 3.8) is 0 Å². The molecule has 0 radical (unpaired) electrons. The quantitative estimate of drug-likeness (QED) is 0.375. The maximum absolute atomic E-state index is 12.7. The Morgan fingerprint density at radius 2 is 2.00 bits per heavy atom. The van der Waals surface area contributed by atoms with E-state index in [1.807, 2.05) is 24.3 Å². The lowest BCUT2D eigenvalue weighted by molar-refractivity contribution is -0.384. The summed E-state index contributed by atoms with van der Waals surface area (Å²) in [6, 6.07) is 4.69. The van der Waals surface area contributed by atoms with Gasteiger partial charge in [0, 0.05) is 57.4 Å². The van der Waals surface area contributed by atoms with Gasteiger partial charge in [-0.25, -0.2) is 4.98 Å². The number of aryl methyl sites for hydroxylation is 2. The molecular weight excluding hydrogens is 372 g/mol. The Morgan fingerprint density at radius 1 is 1.24 bits per heavy atom. The van der Waals surface area contributed by atoms with Crippen molar-refractivity contribution in [2.75, 3.05) is 18.0 Å². The number of rotatable bonds is 5. The summed E-state index contributed by atoms with van der Waals surface area (Å²) in [4.78, 5) is 30.0. The number of nitrogens with zero attached hydrogens (tertiary/aromatic N) is 6. The molecule has 0 unspecified atom stereocenters. The minimum Gasteiger partial charge on any atom is -0.366 e. The Morgan fingerprint density at radius 3 is 2.59 bits per heavy atom. The summed E-state index contributed by atoms with van der Waals surface area (Å²) in [6.45, 7) is 1.43. The van der Waals surface area contributed by atoms with Crippen LogP contribution in [0.2, 0.25) is 0 Å². The van der Waals surface area contributed by atoms with Crippen LogP contribution in [0.3, 0.4) is 0 Å². The van der Waals surface area contributed by atoms with Gasteiger partial charge in [0.1, 0.15) is 5.69 Å². The van der Waals surface area contributed by atoms with E-state index in [0.717, 1.165) is 12.8 Å². The van der Waals surface area contributed by atoms with Gasteiger partial charge in [-0.2, -0.15) is 5.10 Å². The van der Waals surface area contributed by atoms with Crippen molar-refractivity contribution in [3.05, 3.63) is 70.1 Å². The van der Waals surface area contributed by atoms with Gasteiger partial charge < -0.3 is 9.47 Å². The number of benzene rings is 1. The van der Waals surface area contributed by atoms with Crippen molar-refractivity contribution in [2.45, 2.75) is 18.8 Å². The van der Waals surface area contributed by atoms with Gasteiger partial charge in [0.05, 0.1) is 11.1 Å². The first-order valence-corrected chi connectivity index (χ1v) is 9.48. The molecule has 0 spiro atoms. The Kier molecular flexibility index (Phi) is 4.87. The molecule has 0 saturated carbocycles. The number of ketones is 1. The van der Waals surface area contributed by atoms with E-state index in [1.54, 1.807) is 34.6 Å². The van der Waals surface area contributed by atoms with Crippen LogP contribution in [0.25, 0.3) is 0 Å². The molecule has 1 fully saturated rings. The van der Waals surface area contributed by atoms with Crippen LogP contribution in [0.15, 0.2) is 43.0 Å². The fourth-order valence-corrected chi connectivity index (χ4v) is 3.90. The topological polar surface area (TPSA) is 99.1 Å². The van der Waals surface area contributed by atoms with Crippen LogP contribution in [0.1, 0.15) is 40.5 Å². The first-order valence-electron chi connectivity index (χ1n) is 9.48. The third-order valence-corrected chi connectivity index (χ3v) is 5.49. The number of carbonyl (C=O) groups is 1. The zero-order valence-electron chi connectivity index (χ0n) is 16.4. The Labute approximate surface area is 167 Å². The molecule has 9 heteroatoms. The van der Waals surface area contributed by atoms with Crippen LogP contribution in [0.4, 0.5) is 11.4 Å². The van der Waals surface area contributed by atoms with Gasteiger partial charge >= 0.3 is 0 Å². The molecule has 2 aromatic heterocycles. The van der Waals surface area contributed by atoms with Crippen LogP contribution in [0.5, 0.6) is 0 Å². The van der Waals surface area contributed by atoms with Crippen LogP contribution >= 0.6 is 0 Å². The highest BCUT2D eigenvalue weighted by Crippen LogP contribution is 2.35. The van der Waals surface area contributed by atoms with E-state index in [1.165, 1.54) is 17.8 Å². The minimum atomic E-state index is -0.419. The predicted octanol–water partition coefficient (Wildman–Crippen LogP) is 2.68. The van der Waals surface area contributed by atoms with Crippen molar-refractivity contribution < 1.29 is 9.72 Å². The first kappa shape index (κ1) is 18.9. The smallest absolute Gasteiger partial charge is 0.293 e. The number of anilines is 1. The summed E-state index contributed by atoms with van der Waals surface area (Å²) >= 11 is 0. The third kappa shape index (κ3) is 3.63. The van der Waals surface area contributed by atoms with Gasteiger partial charge in [0.25, 0.3) is 5.69 Å². The van der Waals surface area contributed by atoms with E-state index in [9.17, 15) is 14.9 Å². The monoisotopic (exact) mass is 394 g/mol. The predicted molar refractivity (Wildman–Crippen MR) is 107 cm³/mol. The number of hydrogen-bond acceptors (Lipinski definition) is 6. The molecule has 9 nitrogen and oxygen atoms in total. The largest absolute Gasteiger partial charge is 0.366 e. The molecule has 1 saturated heterocycles. The van der Waals surface area contributed by atoms with Crippen LogP contribution in [-0.2, 0) is 14.1 Å². The van der Waals surface area contributed by atoms with E-state index in [2.05, 4.69) is 10.1 Å². The second-order valence-corrected chi connectivity index (χ2v) is 7.36. The second kappa shape index (κ2) is 7.50. The number of imidazole rings is 1. The summed E-state index contributed by atoms with van der Waals surface area (Å²) in [5.41, 5.74) is 1.97. The Balaban J connectivity index is 1.56. The van der Waals surface area contributed by atoms with Crippen LogP contribution in [-0.4, -0.2) is 43.1 Å². The molecule has 3 heterocycles. The second-order valence-electron chi connectivity index (χ2n) is 7.36. The molecule has 1 aliphatic heterocycles. The fourth-order valence-electron chi connectivity index (χ4n) is 3.90. The summed E-state index contributed by atoms with van der Waals surface area (Å²) in [6.07, 6.45) is 8.92. The zero-order chi connectivity index (χ0) is 20.5. The number of aromatic nitrogens is 4. The highest BCUT2D eigenvalue weighted by atomic mass is 16.6. The summed E-state index contributed by atoms with van der Waals surface area (Å²) in [7, 11) is 3.62. The van der Waals surface area contributed by atoms with Gasteiger partial charge in [0.2, 0.25) is 5.78 Å². The minimum absolute atomic E-state index is 0.0510. The molecule has 0 atom stereocenters. The van der Waals surface area contributed by atoms with Crippen molar-refractivity contribution in [1.82, 2.24) is 19.3 Å². The van der Waals surface area contributed by atoms with Crippen molar-refractivity contribution in [1.29, 1.82) is 0 Å². The highest BCUT2D eigenvalue weighted by molar-refractivity contribution is 6.07. The van der Waals surface area contributed by atoms with Crippen molar-refractivity contribution in [2.24, 2.45) is 14.1 Å².